The van der Waals surface area contributed by atoms with E-state index in [9.17, 15) is 0 Å². The smallest absolute Gasteiger partial charge is 0.138 e. The number of nitrogens with zero attached hydrogens (tertiary/aromatic N) is 2. The fourth-order valence-electron chi connectivity index (χ4n) is 3.17. The van der Waals surface area contributed by atoms with Gasteiger partial charge in [0.05, 0.1) is 0 Å². The largest absolute Gasteiger partial charge is 0.182 e. The van der Waals surface area contributed by atoms with Crippen LogP contribution in [0, 0.1) is 10.8 Å². The van der Waals surface area contributed by atoms with Gasteiger partial charge in [0.15, 0.2) is 0 Å². The standard InChI is InChI=1S/C11H20N2S/c1-9(2)6-5-7-10(3,4)11(9)13-12-8-14-11/h5-8H2,1-4H3. The van der Waals surface area contributed by atoms with Gasteiger partial charge < -0.3 is 0 Å². The molecule has 1 fully saturated rings. The van der Waals surface area contributed by atoms with Gasteiger partial charge in [0.2, 0.25) is 0 Å². The highest BCUT2D eigenvalue weighted by molar-refractivity contribution is 8.00. The van der Waals surface area contributed by atoms with Crippen molar-refractivity contribution >= 4 is 11.8 Å². The molecule has 1 heterocycles. The molecule has 2 aliphatic rings. The second kappa shape index (κ2) is 2.97. The number of thioether (sulfide) groups is 1. The van der Waals surface area contributed by atoms with Crippen molar-refractivity contribution in [1.82, 2.24) is 0 Å². The third-order valence-electron chi connectivity index (χ3n) is 3.98. The Balaban J connectivity index is 2.44. The summed E-state index contributed by atoms with van der Waals surface area (Å²) in [5, 5.41) is 8.86. The van der Waals surface area contributed by atoms with Crippen molar-refractivity contribution in [3.05, 3.63) is 0 Å². The Morgan fingerprint density at radius 2 is 1.57 bits per heavy atom. The van der Waals surface area contributed by atoms with Gasteiger partial charge in [-0.25, -0.2) is 0 Å². The summed E-state index contributed by atoms with van der Waals surface area (Å²) < 4.78 is 0. The van der Waals surface area contributed by atoms with Crippen molar-refractivity contribution in [2.24, 2.45) is 21.1 Å². The van der Waals surface area contributed by atoms with E-state index in [1.54, 1.807) is 0 Å². The highest BCUT2D eigenvalue weighted by Crippen LogP contribution is 2.63. The fraction of sp³-hybridized carbons (Fsp3) is 1.00. The zero-order valence-corrected chi connectivity index (χ0v) is 10.4. The van der Waals surface area contributed by atoms with Crippen LogP contribution in [0.5, 0.6) is 0 Å². The highest BCUT2D eigenvalue weighted by Gasteiger charge is 2.59. The predicted octanol–water partition coefficient (Wildman–Crippen LogP) is 4.08. The van der Waals surface area contributed by atoms with Gasteiger partial charge >= 0.3 is 0 Å². The highest BCUT2D eigenvalue weighted by atomic mass is 32.2. The molecule has 0 radical (unpaired) electrons. The minimum absolute atomic E-state index is 0.0399. The lowest BCUT2D eigenvalue weighted by molar-refractivity contribution is 0.0511. The topological polar surface area (TPSA) is 24.7 Å². The number of hydrogen-bond acceptors (Lipinski definition) is 3. The van der Waals surface area contributed by atoms with Crippen LogP contribution in [-0.2, 0) is 0 Å². The first kappa shape index (κ1) is 10.5. The van der Waals surface area contributed by atoms with Crippen LogP contribution in [0.3, 0.4) is 0 Å². The molecular weight excluding hydrogens is 192 g/mol. The van der Waals surface area contributed by atoms with Crippen molar-refractivity contribution in [3.63, 3.8) is 0 Å². The van der Waals surface area contributed by atoms with E-state index in [0.717, 1.165) is 5.88 Å². The Morgan fingerprint density at radius 1 is 1.00 bits per heavy atom. The number of azo groups is 1. The van der Waals surface area contributed by atoms with E-state index in [1.807, 2.05) is 11.8 Å². The predicted molar refractivity (Wildman–Crippen MR) is 61.5 cm³/mol. The quantitative estimate of drug-likeness (QED) is 0.594. The van der Waals surface area contributed by atoms with Gasteiger partial charge in [-0.15, -0.1) is 11.8 Å². The van der Waals surface area contributed by atoms with Crippen molar-refractivity contribution in [2.45, 2.75) is 51.8 Å². The van der Waals surface area contributed by atoms with E-state index < -0.39 is 0 Å². The van der Waals surface area contributed by atoms with Gasteiger partial charge in [0.25, 0.3) is 0 Å². The SMILES string of the molecule is CC1(C)CCCC(C)(C)C12N=NCS2. The van der Waals surface area contributed by atoms with Gasteiger partial charge in [0.1, 0.15) is 10.7 Å². The monoisotopic (exact) mass is 212 g/mol. The van der Waals surface area contributed by atoms with Crippen LogP contribution in [0.1, 0.15) is 47.0 Å². The Kier molecular flexibility index (Phi) is 2.22. The Morgan fingerprint density at radius 3 is 2.00 bits per heavy atom. The average molecular weight is 212 g/mol. The van der Waals surface area contributed by atoms with Crippen molar-refractivity contribution in [2.75, 3.05) is 5.88 Å². The molecule has 1 saturated carbocycles. The summed E-state index contributed by atoms with van der Waals surface area (Å²) in [5.41, 5.74) is 0.582. The second-order valence-corrected chi connectivity index (χ2v) is 6.92. The molecule has 0 unspecified atom stereocenters. The Hall–Kier alpha value is -0.0500. The normalized spacial score (nSPS) is 32.3. The summed E-state index contributed by atoms with van der Waals surface area (Å²) in [4.78, 5) is 0.0399. The lowest BCUT2D eigenvalue weighted by Gasteiger charge is -2.53. The summed E-state index contributed by atoms with van der Waals surface area (Å²) in [6.07, 6.45) is 3.89. The second-order valence-electron chi connectivity index (χ2n) is 5.78. The van der Waals surface area contributed by atoms with Crippen molar-refractivity contribution in [3.8, 4) is 0 Å². The Labute approximate surface area is 90.9 Å². The van der Waals surface area contributed by atoms with E-state index in [4.69, 9.17) is 0 Å². The average Bonchev–Trinajstić information content (AvgIpc) is 2.50. The Bertz CT molecular complexity index is 252. The molecule has 0 saturated heterocycles. The summed E-state index contributed by atoms with van der Waals surface area (Å²) in [6, 6.07) is 0. The van der Waals surface area contributed by atoms with Crippen LogP contribution in [0.4, 0.5) is 0 Å². The van der Waals surface area contributed by atoms with Gasteiger partial charge in [-0.05, 0) is 12.8 Å². The molecule has 80 valence electrons. The molecule has 0 aromatic heterocycles. The number of hydrogen-bond donors (Lipinski definition) is 0. The lowest BCUT2D eigenvalue weighted by Crippen LogP contribution is -2.53. The third-order valence-corrected chi connectivity index (χ3v) is 5.83. The molecule has 2 nitrogen and oxygen atoms in total. The maximum atomic E-state index is 4.62. The van der Waals surface area contributed by atoms with Crippen molar-refractivity contribution in [1.29, 1.82) is 0 Å². The maximum Gasteiger partial charge on any atom is 0.138 e. The summed E-state index contributed by atoms with van der Waals surface area (Å²) in [7, 11) is 0. The molecule has 1 aliphatic heterocycles. The van der Waals surface area contributed by atoms with E-state index >= 15 is 0 Å². The molecule has 0 N–H and O–H groups in total. The molecular formula is C11H20N2S. The summed E-state index contributed by atoms with van der Waals surface area (Å²) in [6.45, 7) is 9.41. The fourth-order valence-corrected chi connectivity index (χ4v) is 4.57. The van der Waals surface area contributed by atoms with E-state index in [1.165, 1.54) is 19.3 Å². The van der Waals surface area contributed by atoms with Crippen LogP contribution < -0.4 is 0 Å². The minimum atomic E-state index is 0.0399. The zero-order chi connectivity index (χ0) is 10.4. The first-order chi connectivity index (χ1) is 6.41. The molecule has 0 bridgehead atoms. The first-order valence-electron chi connectivity index (χ1n) is 5.44. The molecule has 0 atom stereocenters. The van der Waals surface area contributed by atoms with Gasteiger partial charge in [-0.1, -0.05) is 34.1 Å². The molecule has 14 heavy (non-hydrogen) atoms. The van der Waals surface area contributed by atoms with Crippen LogP contribution in [0.2, 0.25) is 0 Å². The third kappa shape index (κ3) is 1.17. The van der Waals surface area contributed by atoms with Gasteiger partial charge in [-0.2, -0.15) is 10.2 Å². The molecule has 3 heteroatoms. The first-order valence-corrected chi connectivity index (χ1v) is 6.43. The van der Waals surface area contributed by atoms with Crippen LogP contribution in [-0.4, -0.2) is 10.7 Å². The maximum absolute atomic E-state index is 4.62. The van der Waals surface area contributed by atoms with Crippen molar-refractivity contribution < 1.29 is 0 Å². The van der Waals surface area contributed by atoms with E-state index in [-0.39, 0.29) is 4.87 Å². The van der Waals surface area contributed by atoms with Crippen LogP contribution in [0.15, 0.2) is 10.2 Å². The minimum Gasteiger partial charge on any atom is -0.182 e. The molecule has 0 aromatic rings. The molecule has 1 aliphatic carbocycles. The van der Waals surface area contributed by atoms with Gasteiger partial charge in [-0.3, -0.25) is 0 Å². The van der Waals surface area contributed by atoms with E-state index in [2.05, 4.69) is 37.9 Å². The summed E-state index contributed by atoms with van der Waals surface area (Å²) in [5.74, 6) is 0.854. The molecule has 1 spiro atoms. The van der Waals surface area contributed by atoms with Crippen LogP contribution in [0.25, 0.3) is 0 Å². The number of rotatable bonds is 0. The molecule has 0 aromatic carbocycles. The summed E-state index contributed by atoms with van der Waals surface area (Å²) >= 11 is 1.95. The molecule has 2 rings (SSSR count). The zero-order valence-electron chi connectivity index (χ0n) is 9.63. The van der Waals surface area contributed by atoms with E-state index in [0.29, 0.717) is 10.8 Å². The van der Waals surface area contributed by atoms with Gasteiger partial charge in [0, 0.05) is 10.8 Å². The van der Waals surface area contributed by atoms with Crippen LogP contribution >= 0.6 is 11.8 Å². The lowest BCUT2D eigenvalue weighted by atomic mass is 9.61. The molecule has 0 amide bonds.